The van der Waals surface area contributed by atoms with Crippen molar-refractivity contribution < 1.29 is 36.7 Å². The molecule has 0 aliphatic heterocycles. The summed E-state index contributed by atoms with van der Waals surface area (Å²) in [7, 11) is -2.76. The lowest BCUT2D eigenvalue weighted by Crippen LogP contribution is -2.34. The highest BCUT2D eigenvalue weighted by Gasteiger charge is 2.33. The van der Waals surface area contributed by atoms with Crippen molar-refractivity contribution in [2.45, 2.75) is 45.9 Å². The van der Waals surface area contributed by atoms with Crippen LogP contribution >= 0.6 is 0 Å². The molecule has 2 aromatic carbocycles. The van der Waals surface area contributed by atoms with Gasteiger partial charge in [-0.25, -0.2) is 17.5 Å². The number of hydrogen-bond donors (Lipinski definition) is 0. The van der Waals surface area contributed by atoms with Gasteiger partial charge in [-0.3, -0.25) is 0 Å². The third-order valence-corrected chi connectivity index (χ3v) is 7.84. The number of benzene rings is 2. The molecule has 0 unspecified atom stereocenters. The van der Waals surface area contributed by atoms with Crippen molar-refractivity contribution >= 4 is 21.9 Å². The van der Waals surface area contributed by atoms with Crippen molar-refractivity contribution in [2.24, 2.45) is 5.92 Å². The number of hydrogen-bond acceptors (Lipinski definition) is 9. The highest BCUT2D eigenvalue weighted by atomic mass is 32.2. The number of anilines is 1. The molecule has 0 spiro atoms. The lowest BCUT2D eigenvalue weighted by Gasteiger charge is -2.24. The van der Waals surface area contributed by atoms with E-state index in [-0.39, 0.29) is 49.7 Å². The third kappa shape index (κ3) is 7.61. The van der Waals surface area contributed by atoms with Gasteiger partial charge in [-0.05, 0) is 56.4 Å². The Morgan fingerprint density at radius 1 is 1.07 bits per heavy atom. The standard InChI is InChI=1S/C29H38N2O8S/c1-7-37-27(32)18-38-25-9-8-10-26(28(25)24-13-11-23(12-14-24)17-20(2)3)40(33,34)31(19-36-16-15-35-6)29-21(4)22(5)30-39-29/h8-14,20H,7,15-19H2,1-6H3. The van der Waals surface area contributed by atoms with Crippen molar-refractivity contribution in [1.29, 1.82) is 0 Å². The molecule has 0 radical (unpaired) electrons. The number of ether oxygens (including phenoxy) is 4. The average molecular weight is 575 g/mol. The van der Waals surface area contributed by atoms with Gasteiger partial charge in [0.1, 0.15) is 12.5 Å². The Bertz CT molecular complexity index is 1370. The maximum absolute atomic E-state index is 14.3. The van der Waals surface area contributed by atoms with E-state index in [9.17, 15) is 13.2 Å². The highest BCUT2D eigenvalue weighted by Crippen LogP contribution is 2.39. The topological polar surface area (TPSA) is 117 Å². The summed E-state index contributed by atoms with van der Waals surface area (Å²) in [6.45, 7) is 9.37. The lowest BCUT2D eigenvalue weighted by atomic mass is 9.98. The van der Waals surface area contributed by atoms with Crippen molar-refractivity contribution in [2.75, 3.05) is 44.6 Å². The molecule has 1 heterocycles. The van der Waals surface area contributed by atoms with Gasteiger partial charge in [-0.1, -0.05) is 49.3 Å². The van der Waals surface area contributed by atoms with E-state index in [1.165, 1.54) is 13.2 Å². The van der Waals surface area contributed by atoms with Gasteiger partial charge in [0.2, 0.25) is 5.88 Å². The first kappa shape index (κ1) is 31.1. The number of aromatic nitrogens is 1. The Morgan fingerprint density at radius 2 is 1.80 bits per heavy atom. The molecule has 0 fully saturated rings. The van der Waals surface area contributed by atoms with Gasteiger partial charge in [-0.15, -0.1) is 0 Å². The number of esters is 1. The quantitative estimate of drug-likeness (QED) is 0.142. The fourth-order valence-corrected chi connectivity index (χ4v) is 5.60. The molecule has 0 aliphatic rings. The smallest absolute Gasteiger partial charge is 0.344 e. The van der Waals surface area contributed by atoms with Crippen LogP contribution in [0.5, 0.6) is 5.75 Å². The summed E-state index contributed by atoms with van der Waals surface area (Å²) in [4.78, 5) is 12.0. The van der Waals surface area contributed by atoms with E-state index in [0.29, 0.717) is 28.3 Å². The van der Waals surface area contributed by atoms with Crippen molar-refractivity contribution in [1.82, 2.24) is 5.16 Å². The second kappa shape index (κ2) is 14.3. The molecule has 3 aromatic rings. The zero-order valence-corrected chi connectivity index (χ0v) is 24.7. The lowest BCUT2D eigenvalue weighted by molar-refractivity contribution is -0.145. The van der Waals surface area contributed by atoms with Crippen LogP contribution in [-0.4, -0.2) is 59.8 Å². The number of aryl methyl sites for hydroxylation is 1. The second-order valence-corrected chi connectivity index (χ2v) is 11.4. The zero-order valence-electron chi connectivity index (χ0n) is 23.9. The number of methoxy groups -OCH3 is 1. The summed E-state index contributed by atoms with van der Waals surface area (Å²) < 4.78 is 56.7. The molecule has 0 bridgehead atoms. The van der Waals surface area contributed by atoms with Crippen LogP contribution in [-0.2, 0) is 35.4 Å². The molecular formula is C29H38N2O8S. The Hall–Kier alpha value is -3.41. The third-order valence-electron chi connectivity index (χ3n) is 6.09. The first-order chi connectivity index (χ1) is 19.1. The van der Waals surface area contributed by atoms with E-state index >= 15 is 0 Å². The summed E-state index contributed by atoms with van der Waals surface area (Å²) in [5.74, 6) is 0.166. The van der Waals surface area contributed by atoms with Gasteiger partial charge in [0, 0.05) is 18.2 Å². The maximum Gasteiger partial charge on any atom is 0.344 e. The summed E-state index contributed by atoms with van der Waals surface area (Å²) >= 11 is 0. The highest BCUT2D eigenvalue weighted by molar-refractivity contribution is 7.93. The summed E-state index contributed by atoms with van der Waals surface area (Å²) in [5, 5.41) is 3.95. The molecule has 1 aromatic heterocycles. The zero-order chi connectivity index (χ0) is 29.3. The largest absolute Gasteiger partial charge is 0.481 e. The Kier molecular flexibility index (Phi) is 11.1. The molecule has 11 heteroatoms. The van der Waals surface area contributed by atoms with Crippen LogP contribution < -0.4 is 9.04 Å². The van der Waals surface area contributed by atoms with Crippen LogP contribution in [0.25, 0.3) is 11.1 Å². The van der Waals surface area contributed by atoms with Crippen molar-refractivity contribution in [3.05, 3.63) is 59.3 Å². The van der Waals surface area contributed by atoms with Crippen LogP contribution in [0.15, 0.2) is 51.9 Å². The van der Waals surface area contributed by atoms with Crippen molar-refractivity contribution in [3.8, 4) is 16.9 Å². The van der Waals surface area contributed by atoms with Crippen LogP contribution in [0.3, 0.4) is 0 Å². The molecule has 218 valence electrons. The molecule has 0 N–H and O–H groups in total. The first-order valence-electron chi connectivity index (χ1n) is 13.1. The number of nitrogens with zero attached hydrogens (tertiary/aromatic N) is 2. The van der Waals surface area contributed by atoms with Crippen LogP contribution in [0, 0.1) is 19.8 Å². The summed E-state index contributed by atoms with van der Waals surface area (Å²) in [5.41, 5.74) is 3.15. The number of rotatable bonds is 15. The minimum absolute atomic E-state index is 0.0470. The van der Waals surface area contributed by atoms with Gasteiger partial charge in [0.15, 0.2) is 6.61 Å². The SMILES string of the molecule is CCOC(=O)COc1cccc(S(=O)(=O)N(COCCOC)c2onc(C)c2C)c1-c1ccc(CC(C)C)cc1. The summed E-state index contributed by atoms with van der Waals surface area (Å²) in [6, 6.07) is 12.3. The van der Waals surface area contributed by atoms with Gasteiger partial charge in [-0.2, -0.15) is 0 Å². The molecule has 0 aliphatic carbocycles. The Balaban J connectivity index is 2.15. The van der Waals surface area contributed by atoms with Crippen LogP contribution in [0.1, 0.15) is 37.6 Å². The number of carbonyl (C=O) groups is 1. The van der Waals surface area contributed by atoms with E-state index < -0.39 is 16.0 Å². The molecule has 3 rings (SSSR count). The second-order valence-electron chi connectivity index (χ2n) is 9.60. The van der Waals surface area contributed by atoms with Gasteiger partial charge in [0.25, 0.3) is 10.0 Å². The van der Waals surface area contributed by atoms with Crippen LogP contribution in [0.4, 0.5) is 5.88 Å². The minimum Gasteiger partial charge on any atom is -0.481 e. The molecule has 10 nitrogen and oxygen atoms in total. The van der Waals surface area contributed by atoms with E-state index in [1.54, 1.807) is 32.9 Å². The van der Waals surface area contributed by atoms with E-state index in [4.69, 9.17) is 23.5 Å². The van der Waals surface area contributed by atoms with E-state index in [2.05, 4.69) is 19.0 Å². The minimum atomic E-state index is -4.29. The van der Waals surface area contributed by atoms with Crippen LogP contribution in [0.2, 0.25) is 0 Å². The monoisotopic (exact) mass is 574 g/mol. The molecule has 0 saturated heterocycles. The Morgan fingerprint density at radius 3 is 2.40 bits per heavy atom. The van der Waals surface area contributed by atoms with Gasteiger partial charge in [0.05, 0.1) is 30.4 Å². The first-order valence-corrected chi connectivity index (χ1v) is 14.6. The molecule has 40 heavy (non-hydrogen) atoms. The van der Waals surface area contributed by atoms with E-state index in [1.807, 2.05) is 24.3 Å². The predicted octanol–water partition coefficient (Wildman–Crippen LogP) is 4.91. The normalized spacial score (nSPS) is 11.6. The molecular weight excluding hydrogens is 536 g/mol. The Labute approximate surface area is 236 Å². The fraction of sp³-hybridized carbons (Fsp3) is 0.448. The van der Waals surface area contributed by atoms with Gasteiger partial charge < -0.3 is 23.5 Å². The van der Waals surface area contributed by atoms with Crippen molar-refractivity contribution in [3.63, 3.8) is 0 Å². The molecule has 0 saturated carbocycles. The van der Waals surface area contributed by atoms with Gasteiger partial charge >= 0.3 is 5.97 Å². The fourth-order valence-electron chi connectivity index (χ4n) is 4.03. The molecule has 0 atom stereocenters. The number of carbonyl (C=O) groups excluding carboxylic acids is 1. The predicted molar refractivity (Wildman–Crippen MR) is 151 cm³/mol. The van der Waals surface area contributed by atoms with E-state index in [0.717, 1.165) is 16.3 Å². The molecule has 0 amide bonds. The average Bonchev–Trinajstić information content (AvgIpc) is 3.24. The maximum atomic E-state index is 14.3. The number of sulfonamides is 1. The summed E-state index contributed by atoms with van der Waals surface area (Å²) in [6.07, 6.45) is 0.878.